The molecule has 98 valence electrons. The van der Waals surface area contributed by atoms with Crippen LogP contribution in [-0.2, 0) is 4.79 Å². The second kappa shape index (κ2) is 7.27. The lowest BCUT2D eigenvalue weighted by Crippen LogP contribution is -2.41. The summed E-state index contributed by atoms with van der Waals surface area (Å²) in [5, 5.41) is 5.06. The minimum Gasteiger partial charge on any atom is -0.351 e. The second-order valence-corrected chi connectivity index (χ2v) is 5.02. The summed E-state index contributed by atoms with van der Waals surface area (Å²) in [5.74, 6) is 1.26. The van der Waals surface area contributed by atoms with Crippen LogP contribution in [0, 0.1) is 11.8 Å². The monoisotopic (exact) mass is 241 g/mol. The van der Waals surface area contributed by atoms with Crippen molar-refractivity contribution in [2.45, 2.75) is 39.0 Å². The largest absolute Gasteiger partial charge is 0.351 e. The van der Waals surface area contributed by atoms with Gasteiger partial charge in [-0.15, -0.1) is 0 Å². The standard InChI is InChI=1S/C12H23N3O2/c1-9-3-2-4-10(7-9)5-6-14-8-11(16)15-12(13)17/h9-10,14H,2-8H2,1H3,(H3,13,15,16,17). The Hall–Kier alpha value is -1.10. The van der Waals surface area contributed by atoms with Crippen LogP contribution in [0.5, 0.6) is 0 Å². The number of rotatable bonds is 5. The van der Waals surface area contributed by atoms with E-state index in [1.807, 2.05) is 5.32 Å². The van der Waals surface area contributed by atoms with E-state index in [1.165, 1.54) is 25.7 Å². The van der Waals surface area contributed by atoms with E-state index in [0.29, 0.717) is 0 Å². The highest BCUT2D eigenvalue weighted by molar-refractivity contribution is 5.94. The fourth-order valence-corrected chi connectivity index (χ4v) is 2.51. The highest BCUT2D eigenvalue weighted by Crippen LogP contribution is 2.30. The molecule has 0 bridgehead atoms. The molecule has 1 rings (SSSR count). The van der Waals surface area contributed by atoms with Gasteiger partial charge in [-0.1, -0.05) is 26.2 Å². The van der Waals surface area contributed by atoms with Crippen molar-refractivity contribution in [2.24, 2.45) is 17.6 Å². The first kappa shape index (κ1) is 14.0. The number of amides is 3. The third-order valence-electron chi connectivity index (χ3n) is 3.32. The lowest BCUT2D eigenvalue weighted by Gasteiger charge is -2.26. The summed E-state index contributed by atoms with van der Waals surface area (Å²) >= 11 is 0. The zero-order valence-electron chi connectivity index (χ0n) is 10.5. The maximum absolute atomic E-state index is 11.1. The van der Waals surface area contributed by atoms with Gasteiger partial charge in [0, 0.05) is 0 Å². The van der Waals surface area contributed by atoms with Gasteiger partial charge >= 0.3 is 6.03 Å². The van der Waals surface area contributed by atoms with Gasteiger partial charge in [-0.05, 0) is 31.2 Å². The Morgan fingerprint density at radius 3 is 2.76 bits per heavy atom. The first-order valence-electron chi connectivity index (χ1n) is 6.38. The fraction of sp³-hybridized carbons (Fsp3) is 0.833. The molecule has 4 N–H and O–H groups in total. The summed E-state index contributed by atoms with van der Waals surface area (Å²) in [7, 11) is 0. The molecule has 1 saturated carbocycles. The van der Waals surface area contributed by atoms with Crippen LogP contribution in [0.15, 0.2) is 0 Å². The predicted molar refractivity (Wildman–Crippen MR) is 66.3 cm³/mol. The number of carbonyl (C=O) groups is 2. The van der Waals surface area contributed by atoms with Gasteiger partial charge in [0.15, 0.2) is 0 Å². The molecule has 0 aromatic heterocycles. The molecule has 1 aliphatic rings. The van der Waals surface area contributed by atoms with Crippen LogP contribution in [0.4, 0.5) is 4.79 Å². The second-order valence-electron chi connectivity index (χ2n) is 5.02. The molecule has 2 unspecified atom stereocenters. The van der Waals surface area contributed by atoms with Gasteiger partial charge in [0.05, 0.1) is 6.54 Å². The number of nitrogens with one attached hydrogen (secondary N) is 2. The number of hydrogen-bond donors (Lipinski definition) is 3. The molecular weight excluding hydrogens is 218 g/mol. The molecule has 0 radical (unpaired) electrons. The van der Waals surface area contributed by atoms with E-state index >= 15 is 0 Å². The zero-order chi connectivity index (χ0) is 12.7. The molecule has 0 aliphatic heterocycles. The zero-order valence-corrected chi connectivity index (χ0v) is 10.5. The minimum atomic E-state index is -0.794. The van der Waals surface area contributed by atoms with Crippen molar-refractivity contribution in [3.05, 3.63) is 0 Å². The smallest absolute Gasteiger partial charge is 0.318 e. The van der Waals surface area contributed by atoms with Crippen LogP contribution in [0.2, 0.25) is 0 Å². The Morgan fingerprint density at radius 2 is 2.12 bits per heavy atom. The first-order chi connectivity index (χ1) is 8.08. The van der Waals surface area contributed by atoms with E-state index in [1.54, 1.807) is 0 Å². The van der Waals surface area contributed by atoms with E-state index in [9.17, 15) is 9.59 Å². The van der Waals surface area contributed by atoms with Gasteiger partial charge in [0.2, 0.25) is 5.91 Å². The first-order valence-corrected chi connectivity index (χ1v) is 6.38. The number of carbonyl (C=O) groups excluding carboxylic acids is 2. The third kappa shape index (κ3) is 6.26. The van der Waals surface area contributed by atoms with E-state index in [-0.39, 0.29) is 12.5 Å². The van der Waals surface area contributed by atoms with Gasteiger partial charge in [-0.2, -0.15) is 0 Å². The number of primary amides is 1. The van der Waals surface area contributed by atoms with Crippen LogP contribution >= 0.6 is 0 Å². The Morgan fingerprint density at radius 1 is 1.35 bits per heavy atom. The summed E-state index contributed by atoms with van der Waals surface area (Å²) in [6.45, 7) is 3.29. The Bertz CT molecular complexity index is 268. The van der Waals surface area contributed by atoms with E-state index in [0.717, 1.165) is 24.8 Å². The number of nitrogens with two attached hydrogens (primary N) is 1. The number of urea groups is 1. The van der Waals surface area contributed by atoms with Gasteiger partial charge < -0.3 is 11.1 Å². The lowest BCUT2D eigenvalue weighted by molar-refractivity contribution is -0.119. The van der Waals surface area contributed by atoms with Crippen molar-refractivity contribution in [1.82, 2.24) is 10.6 Å². The van der Waals surface area contributed by atoms with Crippen molar-refractivity contribution in [3.63, 3.8) is 0 Å². The lowest BCUT2D eigenvalue weighted by atomic mass is 9.81. The van der Waals surface area contributed by atoms with Gasteiger partial charge in [-0.3, -0.25) is 10.1 Å². The summed E-state index contributed by atoms with van der Waals surface area (Å²) in [4.78, 5) is 21.5. The molecule has 1 fully saturated rings. The SMILES string of the molecule is CC1CCCC(CCNCC(=O)NC(N)=O)C1. The van der Waals surface area contributed by atoms with Gasteiger partial charge in [0.25, 0.3) is 0 Å². The van der Waals surface area contributed by atoms with Gasteiger partial charge in [-0.25, -0.2) is 4.79 Å². The molecule has 0 spiro atoms. The molecule has 5 heteroatoms. The number of hydrogen-bond acceptors (Lipinski definition) is 3. The van der Waals surface area contributed by atoms with Crippen LogP contribution < -0.4 is 16.4 Å². The number of imide groups is 1. The molecule has 5 nitrogen and oxygen atoms in total. The maximum atomic E-state index is 11.1. The normalized spacial score (nSPS) is 24.3. The molecule has 0 aromatic rings. The fourth-order valence-electron chi connectivity index (χ4n) is 2.51. The molecule has 3 amide bonds. The average Bonchev–Trinajstić information content (AvgIpc) is 2.23. The molecular formula is C12H23N3O2. The summed E-state index contributed by atoms with van der Waals surface area (Å²) in [5.41, 5.74) is 4.83. The van der Waals surface area contributed by atoms with Crippen LogP contribution in [0.25, 0.3) is 0 Å². The van der Waals surface area contributed by atoms with Crippen molar-refractivity contribution >= 4 is 11.9 Å². The molecule has 0 aromatic carbocycles. The minimum absolute atomic E-state index is 0.158. The van der Waals surface area contributed by atoms with Crippen LogP contribution in [0.1, 0.15) is 39.0 Å². The summed E-state index contributed by atoms with van der Waals surface area (Å²) < 4.78 is 0. The summed E-state index contributed by atoms with van der Waals surface area (Å²) in [6, 6.07) is -0.794. The highest BCUT2D eigenvalue weighted by Gasteiger charge is 2.18. The van der Waals surface area contributed by atoms with E-state index in [4.69, 9.17) is 5.73 Å². The van der Waals surface area contributed by atoms with Gasteiger partial charge in [0.1, 0.15) is 0 Å². The Kier molecular flexibility index (Phi) is 5.97. The van der Waals surface area contributed by atoms with E-state index in [2.05, 4.69) is 12.2 Å². The van der Waals surface area contributed by atoms with Crippen LogP contribution in [0.3, 0.4) is 0 Å². The Labute approximate surface area is 103 Å². The molecule has 0 saturated heterocycles. The molecule has 17 heavy (non-hydrogen) atoms. The van der Waals surface area contributed by atoms with Crippen molar-refractivity contribution < 1.29 is 9.59 Å². The molecule has 0 heterocycles. The van der Waals surface area contributed by atoms with E-state index < -0.39 is 6.03 Å². The third-order valence-corrected chi connectivity index (χ3v) is 3.32. The van der Waals surface area contributed by atoms with Crippen LogP contribution in [-0.4, -0.2) is 25.0 Å². The predicted octanol–water partition coefficient (Wildman–Crippen LogP) is 0.987. The highest BCUT2D eigenvalue weighted by atomic mass is 16.2. The average molecular weight is 241 g/mol. The molecule has 1 aliphatic carbocycles. The Balaban J connectivity index is 2.03. The van der Waals surface area contributed by atoms with Crippen molar-refractivity contribution in [3.8, 4) is 0 Å². The quantitative estimate of drug-likeness (QED) is 0.627. The topological polar surface area (TPSA) is 84.2 Å². The maximum Gasteiger partial charge on any atom is 0.318 e. The summed E-state index contributed by atoms with van der Waals surface area (Å²) in [6.07, 6.45) is 6.39. The molecule has 2 atom stereocenters. The van der Waals surface area contributed by atoms with Crippen molar-refractivity contribution in [2.75, 3.05) is 13.1 Å². The van der Waals surface area contributed by atoms with Crippen molar-refractivity contribution in [1.29, 1.82) is 0 Å².